The minimum Gasteiger partial charge on any atom is -0.457 e. The zero-order chi connectivity index (χ0) is 13.9. The minimum absolute atomic E-state index is 0.175. The Kier molecular flexibility index (Phi) is 3.04. The molecule has 0 fully saturated rings. The van der Waals surface area contributed by atoms with E-state index in [4.69, 9.17) is 4.74 Å². The average Bonchev–Trinajstić information content (AvgIpc) is 2.89. The number of rotatable bonds is 3. The lowest BCUT2D eigenvalue weighted by Crippen LogP contribution is -2.10. The lowest BCUT2D eigenvalue weighted by atomic mass is 10.2. The van der Waals surface area contributed by atoms with E-state index in [1.807, 2.05) is 30.3 Å². The topological polar surface area (TPSA) is 76.5 Å². The zero-order valence-corrected chi connectivity index (χ0v) is 10.4. The van der Waals surface area contributed by atoms with Gasteiger partial charge in [-0.3, -0.25) is 4.79 Å². The van der Waals surface area contributed by atoms with Crippen molar-refractivity contribution in [2.24, 2.45) is 0 Å². The Balaban J connectivity index is 1.82. The van der Waals surface area contributed by atoms with E-state index in [-0.39, 0.29) is 17.7 Å². The van der Waals surface area contributed by atoms with Crippen LogP contribution in [0.3, 0.4) is 0 Å². The van der Waals surface area contributed by atoms with Crippen LogP contribution in [0.5, 0.6) is 0 Å². The highest BCUT2D eigenvalue weighted by atomic mass is 16.5. The number of benzene rings is 1. The van der Waals surface area contributed by atoms with E-state index in [1.54, 1.807) is 0 Å². The third-order valence-electron chi connectivity index (χ3n) is 2.84. The van der Waals surface area contributed by atoms with Gasteiger partial charge in [0.2, 0.25) is 0 Å². The molecule has 1 aromatic carbocycles. The molecule has 1 N–H and O–H groups in total. The molecule has 0 unspecified atom stereocenters. The van der Waals surface area contributed by atoms with Crippen LogP contribution < -0.4 is 5.56 Å². The van der Waals surface area contributed by atoms with Gasteiger partial charge in [-0.2, -0.15) is 5.10 Å². The van der Waals surface area contributed by atoms with Crippen LogP contribution in [0.2, 0.25) is 0 Å². The largest absolute Gasteiger partial charge is 0.457 e. The summed E-state index contributed by atoms with van der Waals surface area (Å²) in [6.07, 6.45) is 2.86. The summed E-state index contributed by atoms with van der Waals surface area (Å²) in [5.74, 6) is -0.522. The van der Waals surface area contributed by atoms with Crippen LogP contribution in [0.25, 0.3) is 5.65 Å². The maximum atomic E-state index is 12.0. The van der Waals surface area contributed by atoms with Gasteiger partial charge in [0.1, 0.15) is 12.2 Å². The number of nitrogens with one attached hydrogen (secondary N) is 1. The fourth-order valence-corrected chi connectivity index (χ4v) is 1.85. The molecule has 0 bridgehead atoms. The molecular formula is C14H11N3O3. The van der Waals surface area contributed by atoms with Crippen molar-refractivity contribution in [3.63, 3.8) is 0 Å². The number of H-pyrrole nitrogens is 1. The van der Waals surface area contributed by atoms with Crippen LogP contribution in [0.15, 0.2) is 53.6 Å². The van der Waals surface area contributed by atoms with E-state index in [0.717, 1.165) is 5.56 Å². The molecule has 20 heavy (non-hydrogen) atoms. The first-order valence-corrected chi connectivity index (χ1v) is 6.02. The van der Waals surface area contributed by atoms with Gasteiger partial charge < -0.3 is 9.72 Å². The number of carbonyl (C=O) groups is 1. The molecule has 3 aromatic rings. The molecule has 3 rings (SSSR count). The summed E-state index contributed by atoms with van der Waals surface area (Å²) in [5, 5.41) is 3.98. The van der Waals surface area contributed by atoms with E-state index >= 15 is 0 Å². The third kappa shape index (κ3) is 2.31. The highest BCUT2D eigenvalue weighted by Crippen LogP contribution is 2.09. The predicted octanol–water partition coefficient (Wildman–Crippen LogP) is 1.38. The van der Waals surface area contributed by atoms with Gasteiger partial charge in [0.25, 0.3) is 5.56 Å². The van der Waals surface area contributed by atoms with Gasteiger partial charge in [0, 0.05) is 12.3 Å². The number of aromatic nitrogens is 3. The van der Waals surface area contributed by atoms with Crippen molar-refractivity contribution in [1.29, 1.82) is 0 Å². The highest BCUT2D eigenvalue weighted by Gasteiger charge is 2.14. The Morgan fingerprint density at radius 1 is 1.25 bits per heavy atom. The van der Waals surface area contributed by atoms with E-state index < -0.39 is 5.97 Å². The normalized spacial score (nSPS) is 10.6. The number of ether oxygens (including phenoxy) is 1. The second kappa shape index (κ2) is 5.00. The summed E-state index contributed by atoms with van der Waals surface area (Å²) in [6.45, 7) is 0.175. The van der Waals surface area contributed by atoms with Crippen molar-refractivity contribution < 1.29 is 9.53 Å². The Hall–Kier alpha value is -2.89. The maximum absolute atomic E-state index is 12.0. The molecule has 0 spiro atoms. The number of fused-ring (bicyclic) bond motifs is 1. The minimum atomic E-state index is -0.522. The van der Waals surface area contributed by atoms with Crippen molar-refractivity contribution >= 4 is 11.6 Å². The Labute approximate surface area is 113 Å². The quantitative estimate of drug-likeness (QED) is 0.729. The second-order valence-corrected chi connectivity index (χ2v) is 4.22. The monoisotopic (exact) mass is 269 g/mol. The Morgan fingerprint density at radius 3 is 2.85 bits per heavy atom. The van der Waals surface area contributed by atoms with Gasteiger partial charge in [0.05, 0.1) is 6.20 Å². The van der Waals surface area contributed by atoms with Crippen LogP contribution in [-0.4, -0.2) is 20.6 Å². The molecule has 0 aliphatic rings. The summed E-state index contributed by atoms with van der Waals surface area (Å²) in [6, 6.07) is 10.7. The third-order valence-corrected chi connectivity index (χ3v) is 2.84. The van der Waals surface area contributed by atoms with Gasteiger partial charge in [-0.1, -0.05) is 30.3 Å². The van der Waals surface area contributed by atoms with Crippen LogP contribution in [0.1, 0.15) is 15.9 Å². The summed E-state index contributed by atoms with van der Waals surface area (Å²) < 4.78 is 6.62. The SMILES string of the molecule is O=C(OCc1ccccc1)c1cnn2ccc(=O)[nH]c12. The molecule has 0 aliphatic heterocycles. The number of hydrogen-bond donors (Lipinski definition) is 1. The van der Waals surface area contributed by atoms with Crippen LogP contribution >= 0.6 is 0 Å². The van der Waals surface area contributed by atoms with E-state index in [2.05, 4.69) is 10.1 Å². The number of hydrogen-bond acceptors (Lipinski definition) is 4. The van der Waals surface area contributed by atoms with Crippen molar-refractivity contribution in [2.75, 3.05) is 0 Å². The van der Waals surface area contributed by atoms with E-state index in [9.17, 15) is 9.59 Å². The smallest absolute Gasteiger partial charge is 0.343 e. The number of esters is 1. The number of aromatic amines is 1. The molecule has 100 valence electrons. The molecule has 0 atom stereocenters. The molecule has 2 heterocycles. The predicted molar refractivity (Wildman–Crippen MR) is 71.4 cm³/mol. The number of nitrogens with zero attached hydrogens (tertiary/aromatic N) is 2. The fraction of sp³-hybridized carbons (Fsp3) is 0.0714. The van der Waals surface area contributed by atoms with Crippen LogP contribution in [0.4, 0.5) is 0 Å². The zero-order valence-electron chi connectivity index (χ0n) is 10.4. The lowest BCUT2D eigenvalue weighted by molar-refractivity contribution is 0.0475. The first-order chi connectivity index (χ1) is 9.74. The first kappa shape index (κ1) is 12.2. The van der Waals surface area contributed by atoms with Crippen LogP contribution in [-0.2, 0) is 11.3 Å². The molecule has 2 aromatic heterocycles. The second-order valence-electron chi connectivity index (χ2n) is 4.22. The van der Waals surface area contributed by atoms with Crippen molar-refractivity contribution in [3.05, 3.63) is 70.3 Å². The van der Waals surface area contributed by atoms with Gasteiger partial charge in [-0.25, -0.2) is 9.31 Å². The maximum Gasteiger partial charge on any atom is 0.343 e. The molecule has 0 amide bonds. The van der Waals surface area contributed by atoms with Crippen molar-refractivity contribution in [2.45, 2.75) is 6.61 Å². The molecular weight excluding hydrogens is 258 g/mol. The molecule has 0 saturated heterocycles. The Morgan fingerprint density at radius 2 is 2.05 bits per heavy atom. The number of carbonyl (C=O) groups excluding carboxylic acids is 1. The van der Waals surface area contributed by atoms with Gasteiger partial charge in [-0.05, 0) is 5.56 Å². The van der Waals surface area contributed by atoms with Gasteiger partial charge >= 0.3 is 5.97 Å². The molecule has 0 saturated carbocycles. The molecule has 0 aliphatic carbocycles. The standard InChI is InChI=1S/C14H11N3O3/c18-12-6-7-17-13(16-12)11(8-15-17)14(19)20-9-10-4-2-1-3-5-10/h1-8H,9H2,(H,16,18). The van der Waals surface area contributed by atoms with Gasteiger partial charge in [-0.15, -0.1) is 0 Å². The highest BCUT2D eigenvalue weighted by molar-refractivity contribution is 5.95. The summed E-state index contributed by atoms with van der Waals surface area (Å²) in [4.78, 5) is 25.9. The lowest BCUT2D eigenvalue weighted by Gasteiger charge is -2.03. The Bertz CT molecular complexity index is 805. The molecule has 6 nitrogen and oxygen atoms in total. The summed E-state index contributed by atoms with van der Waals surface area (Å²) in [7, 11) is 0. The van der Waals surface area contributed by atoms with E-state index in [1.165, 1.54) is 23.0 Å². The fourth-order valence-electron chi connectivity index (χ4n) is 1.85. The van der Waals surface area contributed by atoms with Crippen LogP contribution in [0, 0.1) is 0 Å². The van der Waals surface area contributed by atoms with Gasteiger partial charge in [0.15, 0.2) is 5.65 Å². The summed E-state index contributed by atoms with van der Waals surface area (Å²) in [5.41, 5.74) is 1.16. The average molecular weight is 269 g/mol. The first-order valence-electron chi connectivity index (χ1n) is 6.02. The van der Waals surface area contributed by atoms with E-state index in [0.29, 0.717) is 5.65 Å². The van der Waals surface area contributed by atoms with Crippen molar-refractivity contribution in [1.82, 2.24) is 14.6 Å². The molecule has 0 radical (unpaired) electrons. The van der Waals surface area contributed by atoms with Crippen molar-refractivity contribution in [3.8, 4) is 0 Å². The summed E-state index contributed by atoms with van der Waals surface area (Å²) >= 11 is 0. The molecule has 6 heteroatoms.